The van der Waals surface area contributed by atoms with E-state index in [2.05, 4.69) is 0 Å². The van der Waals surface area contributed by atoms with E-state index in [1.165, 1.54) is 0 Å². The van der Waals surface area contributed by atoms with Gasteiger partial charge in [0.1, 0.15) is 9.05 Å². The number of hydrogen-bond donors (Lipinski definition) is 3. The molecule has 0 bridgehead atoms. The summed E-state index contributed by atoms with van der Waals surface area (Å²) in [7, 11) is -5.11. The van der Waals surface area contributed by atoms with Crippen molar-refractivity contribution in [3.8, 4) is 0 Å². The van der Waals surface area contributed by atoms with Crippen LogP contribution in [0.2, 0.25) is 0 Å². The van der Waals surface area contributed by atoms with Crippen molar-refractivity contribution in [2.45, 2.75) is 6.92 Å². The average Bonchev–Trinajstić information content (AvgIpc) is 1.19. The number of carbonyl (C=O) groups is 1. The van der Waals surface area contributed by atoms with Crippen molar-refractivity contribution in [3.63, 3.8) is 0 Å². The third kappa shape index (κ3) is 449. The maximum absolute atomic E-state index is 9.00. The normalized spacial score (nSPS) is 7.73. The third-order valence-electron chi connectivity index (χ3n) is 0. The van der Waals surface area contributed by atoms with Crippen LogP contribution in [-0.2, 0) is 4.79 Å². The molecule has 0 aromatic rings. The minimum atomic E-state index is -5.11. The summed E-state index contributed by atoms with van der Waals surface area (Å²) in [5, 5.41) is 7.42. The molecule has 0 saturated carbocycles. The Hall–Kier alpha value is 1.53. The van der Waals surface area contributed by atoms with Gasteiger partial charge in [0.05, 0.1) is 0 Å². The van der Waals surface area contributed by atoms with Gasteiger partial charge in [-0.3, -0.25) is 4.79 Å². The van der Waals surface area contributed by atoms with E-state index >= 15 is 0 Å². The fraction of sp³-hybridized carbons (Fsp3) is 0.500. The zero-order chi connectivity index (χ0) is 8.08. The van der Waals surface area contributed by atoms with E-state index < -0.39 is 15.0 Å². The minimum Gasteiger partial charge on any atom is -0.828 e. The van der Waals surface area contributed by atoms with Crippen LogP contribution in [0, 0.1) is 0 Å². The van der Waals surface area contributed by atoms with Crippen LogP contribution >= 0.6 is 0 Å². The minimum absolute atomic E-state index is 0. The monoisotopic (exact) mass is 200 g/mol. The molecule has 0 aliphatic carbocycles. The Balaban J connectivity index is -0.0000000383. The molecule has 0 saturated heterocycles. The standard InChI is InChI=1S/C2H4O2.2Na.H2O4Si/c1-2(3)4;;;1-5(2,3)4/h1H3,(H,3,4);;;1-2H/q;2*+1;-2. The Morgan fingerprint density at radius 2 is 1.27 bits per heavy atom. The van der Waals surface area contributed by atoms with Crippen molar-refractivity contribution in [1.82, 2.24) is 0 Å². The Morgan fingerprint density at radius 1 is 1.27 bits per heavy atom. The predicted octanol–water partition coefficient (Wildman–Crippen LogP) is -9.77. The number of aliphatic carboxylic acids is 1. The molecule has 6 nitrogen and oxygen atoms in total. The van der Waals surface area contributed by atoms with Gasteiger partial charge in [-0.15, -0.1) is 0 Å². The van der Waals surface area contributed by atoms with Crippen LogP contribution in [0.1, 0.15) is 6.92 Å². The van der Waals surface area contributed by atoms with Gasteiger partial charge in [-0.25, -0.2) is 0 Å². The van der Waals surface area contributed by atoms with Crippen molar-refractivity contribution in [2.24, 2.45) is 0 Å². The van der Waals surface area contributed by atoms with Gasteiger partial charge in [0, 0.05) is 6.92 Å². The molecule has 0 unspecified atom stereocenters. The van der Waals surface area contributed by atoms with Crippen LogP contribution in [0.5, 0.6) is 0 Å². The van der Waals surface area contributed by atoms with Crippen LogP contribution in [0.4, 0.5) is 0 Å². The van der Waals surface area contributed by atoms with Gasteiger partial charge in [0.2, 0.25) is 0 Å². The van der Waals surface area contributed by atoms with Crippen molar-refractivity contribution >= 4 is 15.0 Å². The molecule has 0 rings (SSSR count). The zero-order valence-electron chi connectivity index (χ0n) is 6.57. The topological polar surface area (TPSA) is 124 Å². The Kier molecular flexibility index (Phi) is 24.0. The SMILES string of the molecule is CC(=O)O.[Na+].[Na+].[O-][Si]([O-])(O)O. The largest absolute Gasteiger partial charge is 1.00 e. The Bertz CT molecular complexity index is 81.1. The van der Waals surface area contributed by atoms with Gasteiger partial charge < -0.3 is 24.3 Å². The Labute approximate surface area is 109 Å². The first kappa shape index (κ1) is 22.9. The molecular formula is C2H6Na2O6Si. The molecule has 0 aromatic carbocycles. The smallest absolute Gasteiger partial charge is 0.828 e. The van der Waals surface area contributed by atoms with Crippen LogP contribution in [0.15, 0.2) is 0 Å². The van der Waals surface area contributed by atoms with E-state index in [1.54, 1.807) is 0 Å². The van der Waals surface area contributed by atoms with Crippen LogP contribution < -0.4 is 68.7 Å². The summed E-state index contributed by atoms with van der Waals surface area (Å²) < 4.78 is 0. The summed E-state index contributed by atoms with van der Waals surface area (Å²) in [4.78, 5) is 40.8. The van der Waals surface area contributed by atoms with Crippen molar-refractivity contribution in [1.29, 1.82) is 0 Å². The van der Waals surface area contributed by atoms with Crippen LogP contribution in [-0.4, -0.2) is 29.7 Å². The third-order valence-corrected chi connectivity index (χ3v) is 0. The Morgan fingerprint density at radius 3 is 1.27 bits per heavy atom. The molecule has 56 valence electrons. The molecule has 0 spiro atoms. The molecule has 0 aromatic heterocycles. The van der Waals surface area contributed by atoms with E-state index in [4.69, 9.17) is 29.1 Å². The first-order valence-corrected chi connectivity index (χ1v) is 3.49. The molecule has 0 heterocycles. The number of carboxylic acids is 1. The molecule has 0 amide bonds. The van der Waals surface area contributed by atoms with E-state index in [0.717, 1.165) is 6.92 Å². The molecule has 0 aliphatic heterocycles. The van der Waals surface area contributed by atoms with E-state index in [1.807, 2.05) is 0 Å². The second kappa shape index (κ2) is 11.5. The molecule has 9 heteroatoms. The van der Waals surface area contributed by atoms with Crippen LogP contribution in [0.3, 0.4) is 0 Å². The zero-order valence-corrected chi connectivity index (χ0v) is 11.6. The predicted molar refractivity (Wildman–Crippen MR) is 23.5 cm³/mol. The fourth-order valence-corrected chi connectivity index (χ4v) is 0. The number of carboxylic acid groups (broad SMARTS) is 1. The summed E-state index contributed by atoms with van der Waals surface area (Å²) in [6, 6.07) is 0. The second-order valence-electron chi connectivity index (χ2n) is 1.07. The average molecular weight is 200 g/mol. The maximum atomic E-state index is 9.00. The van der Waals surface area contributed by atoms with Crippen molar-refractivity contribution in [2.75, 3.05) is 0 Å². The first-order valence-electron chi connectivity index (χ1n) is 1.78. The molecule has 0 radical (unpaired) electrons. The van der Waals surface area contributed by atoms with Crippen molar-refractivity contribution in [3.05, 3.63) is 0 Å². The summed E-state index contributed by atoms with van der Waals surface area (Å²) in [5.41, 5.74) is 0. The van der Waals surface area contributed by atoms with Gasteiger partial charge in [-0.1, -0.05) is 0 Å². The summed E-state index contributed by atoms with van der Waals surface area (Å²) in [6.45, 7) is 1.08. The number of rotatable bonds is 0. The fourth-order valence-electron chi connectivity index (χ4n) is 0. The van der Waals surface area contributed by atoms with Crippen LogP contribution in [0.25, 0.3) is 0 Å². The van der Waals surface area contributed by atoms with E-state index in [0.29, 0.717) is 0 Å². The van der Waals surface area contributed by atoms with Gasteiger partial charge in [0.15, 0.2) is 0 Å². The molecule has 3 N–H and O–H groups in total. The van der Waals surface area contributed by atoms with Gasteiger partial charge in [-0.05, 0) is 0 Å². The van der Waals surface area contributed by atoms with E-state index in [9.17, 15) is 0 Å². The first-order chi connectivity index (χ1) is 3.73. The van der Waals surface area contributed by atoms with Gasteiger partial charge in [0.25, 0.3) is 5.97 Å². The summed E-state index contributed by atoms with van der Waals surface area (Å²) in [5.74, 6) is -0.833. The molecule has 0 fully saturated rings. The van der Waals surface area contributed by atoms with E-state index in [-0.39, 0.29) is 59.1 Å². The molecular weight excluding hydrogens is 194 g/mol. The summed E-state index contributed by atoms with van der Waals surface area (Å²) in [6.07, 6.45) is 0. The van der Waals surface area contributed by atoms with Gasteiger partial charge >= 0.3 is 59.1 Å². The maximum Gasteiger partial charge on any atom is 1.00 e. The second-order valence-corrected chi connectivity index (χ2v) is 2.16. The molecule has 0 atom stereocenters. The number of hydrogen-bond acceptors (Lipinski definition) is 5. The van der Waals surface area contributed by atoms with Crippen molar-refractivity contribution < 1.29 is 88.2 Å². The molecule has 0 aliphatic rings. The molecule has 11 heavy (non-hydrogen) atoms. The van der Waals surface area contributed by atoms with Gasteiger partial charge in [-0.2, -0.15) is 0 Å². The summed E-state index contributed by atoms with van der Waals surface area (Å²) >= 11 is 0. The quantitative estimate of drug-likeness (QED) is 0.333.